The summed E-state index contributed by atoms with van der Waals surface area (Å²) in [5, 5.41) is 22.9. The highest BCUT2D eigenvalue weighted by Crippen LogP contribution is 2.46. The lowest BCUT2D eigenvalue weighted by atomic mass is 9.77. The summed E-state index contributed by atoms with van der Waals surface area (Å²) < 4.78 is 32.6. The third-order valence-corrected chi connectivity index (χ3v) is 10.2. The minimum atomic E-state index is -1.05. The van der Waals surface area contributed by atoms with Gasteiger partial charge in [0.05, 0.1) is 36.8 Å². The molecule has 2 aromatic rings. The normalized spacial score (nSPS) is 21.4. The van der Waals surface area contributed by atoms with E-state index in [1.54, 1.807) is 37.0 Å². The zero-order valence-electron chi connectivity index (χ0n) is 28.4. The Hall–Kier alpha value is -3.93. The Kier molecular flexibility index (Phi) is 11.7. The van der Waals surface area contributed by atoms with Crippen molar-refractivity contribution < 1.29 is 38.1 Å². The second-order valence-corrected chi connectivity index (χ2v) is 14.0. The molecular weight excluding hydrogens is 632 g/mol. The molecule has 11 heteroatoms. The van der Waals surface area contributed by atoms with Gasteiger partial charge in [0.1, 0.15) is 17.7 Å². The average molecular weight is 680 g/mol. The van der Waals surface area contributed by atoms with Crippen LogP contribution in [0.5, 0.6) is 0 Å². The van der Waals surface area contributed by atoms with E-state index in [0.29, 0.717) is 44.7 Å². The fourth-order valence-corrected chi connectivity index (χ4v) is 7.00. The molecule has 4 atom stereocenters. The number of carbonyl (C=O) groups is 3. The number of rotatable bonds is 16. The van der Waals surface area contributed by atoms with Crippen molar-refractivity contribution in [2.24, 2.45) is 11.8 Å². The molecule has 264 valence electrons. The molecule has 2 unspecified atom stereocenters. The summed E-state index contributed by atoms with van der Waals surface area (Å²) in [6.45, 7) is 5.04. The highest BCUT2D eigenvalue weighted by Gasteiger charge is 2.48. The Balaban J connectivity index is 1.20. The molecule has 0 saturated carbocycles. The zero-order valence-corrected chi connectivity index (χ0v) is 28.4. The highest BCUT2D eigenvalue weighted by atomic mass is 19.1. The Morgan fingerprint density at radius 2 is 1.76 bits per heavy atom. The van der Waals surface area contributed by atoms with Crippen molar-refractivity contribution in [3.05, 3.63) is 89.0 Å². The van der Waals surface area contributed by atoms with Crippen LogP contribution in [0, 0.1) is 17.7 Å². The number of aliphatic hydroxyl groups is 1. The van der Waals surface area contributed by atoms with Gasteiger partial charge >= 0.3 is 5.97 Å². The van der Waals surface area contributed by atoms with E-state index in [2.05, 4.69) is 10.2 Å². The van der Waals surface area contributed by atoms with Crippen LogP contribution >= 0.6 is 0 Å². The predicted molar refractivity (Wildman–Crippen MR) is 182 cm³/mol. The van der Waals surface area contributed by atoms with Gasteiger partial charge in [0.15, 0.2) is 0 Å². The quantitative estimate of drug-likeness (QED) is 0.201. The van der Waals surface area contributed by atoms with Crippen LogP contribution in [-0.2, 0) is 25.5 Å². The Bertz CT molecular complexity index is 1550. The van der Waals surface area contributed by atoms with Crippen molar-refractivity contribution >= 4 is 23.5 Å². The first-order valence-electron chi connectivity index (χ1n) is 17.1. The Morgan fingerprint density at radius 1 is 1.06 bits per heavy atom. The van der Waals surface area contributed by atoms with E-state index in [9.17, 15) is 33.4 Å². The number of carboxylic acid groups (broad SMARTS) is 1. The molecule has 2 amide bonds. The molecule has 2 aromatic carbocycles. The first-order chi connectivity index (χ1) is 23.4. The molecule has 2 aliphatic heterocycles. The number of aliphatic hydroxyl groups excluding tert-OH is 1. The second kappa shape index (κ2) is 15.7. The summed E-state index contributed by atoms with van der Waals surface area (Å²) in [7, 11) is 1.96. The van der Waals surface area contributed by atoms with E-state index in [0.717, 1.165) is 29.5 Å². The van der Waals surface area contributed by atoms with Crippen molar-refractivity contribution in [2.75, 3.05) is 31.7 Å². The molecule has 0 aromatic heterocycles. The van der Waals surface area contributed by atoms with E-state index >= 15 is 0 Å². The SMILES string of the molecule is CC(C)C(NC(=O)CC1(N(C)CCCc2ccc([C@@H]3[C@@H](CCC(O)C4=CC=C(F)CC4)C(=O)N3c3ccc(F)cc3)cc2)COC1)C(=O)O. The van der Waals surface area contributed by atoms with Crippen LogP contribution in [0.4, 0.5) is 14.5 Å². The number of hydrogen-bond acceptors (Lipinski definition) is 6. The zero-order chi connectivity index (χ0) is 35.3. The number of β-lactam (4-membered cyclic amide) rings is 1. The number of nitrogens with one attached hydrogen (secondary N) is 1. The lowest BCUT2D eigenvalue weighted by Crippen LogP contribution is -2.63. The van der Waals surface area contributed by atoms with Gasteiger partial charge in [-0.2, -0.15) is 0 Å². The summed E-state index contributed by atoms with van der Waals surface area (Å²) >= 11 is 0. The van der Waals surface area contributed by atoms with Crippen LogP contribution < -0.4 is 10.2 Å². The molecule has 0 radical (unpaired) electrons. The maximum atomic E-state index is 13.7. The Labute approximate surface area is 286 Å². The van der Waals surface area contributed by atoms with Crippen LogP contribution in [0.2, 0.25) is 0 Å². The van der Waals surface area contributed by atoms with E-state index < -0.39 is 23.7 Å². The van der Waals surface area contributed by atoms with Crippen molar-refractivity contribution in [3.63, 3.8) is 0 Å². The summed E-state index contributed by atoms with van der Waals surface area (Å²) in [4.78, 5) is 41.6. The van der Waals surface area contributed by atoms with Crippen molar-refractivity contribution in [1.82, 2.24) is 10.2 Å². The number of ether oxygens (including phenoxy) is 1. The van der Waals surface area contributed by atoms with E-state index in [1.165, 1.54) is 18.2 Å². The molecule has 1 aliphatic carbocycles. The maximum absolute atomic E-state index is 13.7. The predicted octanol–water partition coefficient (Wildman–Crippen LogP) is 5.49. The molecule has 0 bridgehead atoms. The number of anilines is 1. The van der Waals surface area contributed by atoms with Gasteiger partial charge in [-0.15, -0.1) is 0 Å². The van der Waals surface area contributed by atoms with Crippen LogP contribution in [0.15, 0.2) is 72.1 Å². The van der Waals surface area contributed by atoms with Crippen LogP contribution in [0.1, 0.15) is 69.5 Å². The highest BCUT2D eigenvalue weighted by molar-refractivity contribution is 6.03. The fraction of sp³-hybridized carbons (Fsp3) is 0.500. The second-order valence-electron chi connectivity index (χ2n) is 14.0. The first-order valence-corrected chi connectivity index (χ1v) is 17.1. The van der Waals surface area contributed by atoms with E-state index in [1.807, 2.05) is 31.3 Å². The largest absolute Gasteiger partial charge is 0.480 e. The van der Waals surface area contributed by atoms with E-state index in [-0.39, 0.29) is 54.2 Å². The standard InChI is InChI=1S/C38H47F2N3O6/c1-24(2)34(37(47)48)41-33(45)21-38(22-49-23-38)42(3)20-4-5-25-6-8-27(9-7-25)35-31(18-19-32(44)26-10-12-28(39)13-11-26)36(46)43(35)30-16-14-29(40)15-17-30/h6-10,12,14-17,24,31-32,34-35,44H,4-5,11,13,18-23H2,1-3H3,(H,41,45)(H,47,48)/t31-,32?,34?,35-/m1/s1. The topological polar surface area (TPSA) is 119 Å². The third kappa shape index (κ3) is 8.45. The smallest absolute Gasteiger partial charge is 0.326 e. The van der Waals surface area contributed by atoms with Gasteiger partial charge in [-0.25, -0.2) is 13.6 Å². The van der Waals surface area contributed by atoms with Gasteiger partial charge in [0.25, 0.3) is 0 Å². The first kappa shape index (κ1) is 36.4. The number of carboxylic acids is 1. The van der Waals surface area contributed by atoms with Crippen LogP contribution in [-0.4, -0.2) is 77.4 Å². The molecule has 2 saturated heterocycles. The van der Waals surface area contributed by atoms with Crippen molar-refractivity contribution in [3.8, 4) is 0 Å². The maximum Gasteiger partial charge on any atom is 0.326 e. The number of amides is 2. The lowest BCUT2D eigenvalue weighted by molar-refractivity contribution is -0.154. The molecule has 5 rings (SSSR count). The minimum Gasteiger partial charge on any atom is -0.480 e. The number of halogens is 2. The molecule has 3 N–H and O–H groups in total. The van der Waals surface area contributed by atoms with Gasteiger partial charge in [-0.05, 0) is 98.7 Å². The molecule has 3 aliphatic rings. The number of hydrogen-bond donors (Lipinski definition) is 3. The van der Waals surface area contributed by atoms with Gasteiger partial charge in [-0.1, -0.05) is 44.2 Å². The number of carbonyl (C=O) groups excluding carboxylic acids is 2. The number of nitrogens with zero attached hydrogens (tertiary/aromatic N) is 2. The van der Waals surface area contributed by atoms with Gasteiger partial charge in [-0.3, -0.25) is 14.5 Å². The molecule has 0 spiro atoms. The fourth-order valence-electron chi connectivity index (χ4n) is 7.00. The van der Waals surface area contributed by atoms with Crippen molar-refractivity contribution in [2.45, 2.75) is 82.5 Å². The Morgan fingerprint density at radius 3 is 2.33 bits per heavy atom. The molecule has 49 heavy (non-hydrogen) atoms. The molecular formula is C38H47F2N3O6. The lowest BCUT2D eigenvalue weighted by Gasteiger charge is -2.48. The molecule has 9 nitrogen and oxygen atoms in total. The molecule has 2 heterocycles. The summed E-state index contributed by atoms with van der Waals surface area (Å²) in [6.07, 6.45) is 5.60. The number of aliphatic carboxylic acids is 1. The number of benzene rings is 2. The van der Waals surface area contributed by atoms with Gasteiger partial charge in [0, 0.05) is 18.5 Å². The van der Waals surface area contributed by atoms with Gasteiger partial charge < -0.3 is 25.2 Å². The summed E-state index contributed by atoms with van der Waals surface area (Å²) in [5.74, 6) is -2.61. The number of aryl methyl sites for hydroxylation is 1. The number of likely N-dealkylation sites (N-methyl/N-ethyl adjacent to an activating group) is 1. The van der Waals surface area contributed by atoms with Gasteiger partial charge in [0.2, 0.25) is 11.8 Å². The minimum absolute atomic E-state index is 0.0789. The van der Waals surface area contributed by atoms with Crippen molar-refractivity contribution in [1.29, 1.82) is 0 Å². The summed E-state index contributed by atoms with van der Waals surface area (Å²) in [5.41, 5.74) is 2.97. The summed E-state index contributed by atoms with van der Waals surface area (Å²) in [6, 6.07) is 12.8. The number of allylic oxidation sites excluding steroid dienone is 3. The average Bonchev–Trinajstić information content (AvgIpc) is 3.05. The molecule has 2 fully saturated rings. The third-order valence-electron chi connectivity index (χ3n) is 10.2. The van der Waals surface area contributed by atoms with E-state index in [4.69, 9.17) is 4.74 Å². The monoisotopic (exact) mass is 679 g/mol. The van der Waals surface area contributed by atoms with Crippen LogP contribution in [0.25, 0.3) is 0 Å². The van der Waals surface area contributed by atoms with Crippen LogP contribution in [0.3, 0.4) is 0 Å².